The van der Waals surface area contributed by atoms with Crippen LogP contribution in [0.1, 0.15) is 50.0 Å². The summed E-state index contributed by atoms with van der Waals surface area (Å²) in [6, 6.07) is 10.5. The summed E-state index contributed by atoms with van der Waals surface area (Å²) >= 11 is 6.16. The van der Waals surface area contributed by atoms with E-state index in [1.165, 1.54) is 38.1 Å². The van der Waals surface area contributed by atoms with E-state index in [9.17, 15) is 27.9 Å². The van der Waals surface area contributed by atoms with Gasteiger partial charge < -0.3 is 15.3 Å². The number of alkyl halides is 3. The first-order chi connectivity index (χ1) is 15.3. The lowest BCUT2D eigenvalue weighted by Crippen LogP contribution is -2.57. The quantitative estimate of drug-likeness (QED) is 0.571. The Bertz CT molecular complexity index is 1120. The lowest BCUT2D eigenvalue weighted by atomic mass is 9.74. The van der Waals surface area contributed by atoms with Crippen molar-refractivity contribution >= 4 is 35.2 Å². The molecule has 2 aromatic carbocycles. The van der Waals surface area contributed by atoms with Crippen LogP contribution in [0.4, 0.5) is 18.9 Å². The first-order valence-corrected chi connectivity index (χ1v) is 10.3. The molecule has 0 radical (unpaired) electrons. The monoisotopic (exact) mass is 482 g/mol. The summed E-state index contributed by atoms with van der Waals surface area (Å²) in [5.74, 6) is -1.64. The number of oxime groups is 1. The van der Waals surface area contributed by atoms with Gasteiger partial charge in [0.2, 0.25) is 11.7 Å². The van der Waals surface area contributed by atoms with Crippen LogP contribution in [0.2, 0.25) is 5.02 Å². The van der Waals surface area contributed by atoms with Crippen molar-refractivity contribution in [2.45, 2.75) is 50.5 Å². The molecule has 3 rings (SSSR count). The maximum absolute atomic E-state index is 14.0. The van der Waals surface area contributed by atoms with Crippen molar-refractivity contribution in [1.82, 2.24) is 0 Å². The summed E-state index contributed by atoms with van der Waals surface area (Å²) < 4.78 is 42.1. The number of benzene rings is 2. The summed E-state index contributed by atoms with van der Waals surface area (Å²) in [5.41, 5.74) is -3.37. The van der Waals surface area contributed by atoms with Gasteiger partial charge in [0.25, 0.3) is 5.91 Å². The second-order valence-corrected chi connectivity index (χ2v) is 8.90. The molecule has 0 aliphatic carbocycles. The number of hydrogen-bond acceptors (Lipinski definition) is 5. The van der Waals surface area contributed by atoms with E-state index in [4.69, 9.17) is 16.4 Å². The molecule has 2 aromatic rings. The fourth-order valence-corrected chi connectivity index (χ4v) is 4.22. The van der Waals surface area contributed by atoms with E-state index in [2.05, 4.69) is 10.5 Å². The zero-order valence-corrected chi connectivity index (χ0v) is 18.8. The van der Waals surface area contributed by atoms with Crippen LogP contribution in [0.15, 0.2) is 47.6 Å². The molecule has 2 unspecified atom stereocenters. The normalized spacial score (nSPS) is 17.8. The SMILES string of the molecule is CC1=NOC(C=O)c2ccc(NC(=O)C(O)(CC(C)(C)c3ccccc3Cl)C(F)(F)F)cc21. The highest BCUT2D eigenvalue weighted by Gasteiger charge is 2.61. The highest BCUT2D eigenvalue weighted by molar-refractivity contribution is 6.31. The number of nitrogens with one attached hydrogen (secondary N) is 1. The van der Waals surface area contributed by atoms with Crippen molar-refractivity contribution in [3.05, 3.63) is 64.2 Å². The minimum atomic E-state index is -5.27. The van der Waals surface area contributed by atoms with Gasteiger partial charge in [0, 0.05) is 28.3 Å². The van der Waals surface area contributed by atoms with Crippen LogP contribution in [0.5, 0.6) is 0 Å². The van der Waals surface area contributed by atoms with Crippen LogP contribution in [0.3, 0.4) is 0 Å². The van der Waals surface area contributed by atoms with E-state index in [-0.39, 0.29) is 10.7 Å². The number of anilines is 1. The largest absolute Gasteiger partial charge is 0.426 e. The number of carbonyl (C=O) groups is 2. The highest BCUT2D eigenvalue weighted by Crippen LogP contribution is 2.43. The molecule has 0 fully saturated rings. The Labute approximate surface area is 193 Å². The number of nitrogens with zero attached hydrogens (tertiary/aromatic N) is 1. The van der Waals surface area contributed by atoms with Gasteiger partial charge in [-0.1, -0.05) is 54.9 Å². The lowest BCUT2D eigenvalue weighted by molar-refractivity contribution is -0.254. The second kappa shape index (κ2) is 8.79. The summed E-state index contributed by atoms with van der Waals surface area (Å²) in [4.78, 5) is 29.0. The Morgan fingerprint density at radius 3 is 2.52 bits per heavy atom. The van der Waals surface area contributed by atoms with Crippen molar-refractivity contribution < 1.29 is 32.7 Å². The van der Waals surface area contributed by atoms with Crippen LogP contribution in [0, 0.1) is 0 Å². The molecule has 0 aromatic heterocycles. The van der Waals surface area contributed by atoms with Gasteiger partial charge in [0.1, 0.15) is 0 Å². The molecular formula is C23H22ClF3N2O4. The Morgan fingerprint density at radius 1 is 1.24 bits per heavy atom. The van der Waals surface area contributed by atoms with Gasteiger partial charge in [-0.2, -0.15) is 13.2 Å². The van der Waals surface area contributed by atoms with Crippen molar-refractivity contribution in [2.24, 2.45) is 5.16 Å². The van der Waals surface area contributed by atoms with Crippen LogP contribution < -0.4 is 5.32 Å². The third-order valence-electron chi connectivity index (χ3n) is 5.58. The minimum absolute atomic E-state index is 0.00178. The van der Waals surface area contributed by atoms with Crippen molar-refractivity contribution in [2.75, 3.05) is 5.32 Å². The van der Waals surface area contributed by atoms with Crippen LogP contribution in [-0.2, 0) is 19.8 Å². The Morgan fingerprint density at radius 2 is 1.91 bits per heavy atom. The Balaban J connectivity index is 1.94. The van der Waals surface area contributed by atoms with E-state index >= 15 is 0 Å². The number of carbonyl (C=O) groups excluding carboxylic acids is 2. The average Bonchev–Trinajstić information content (AvgIpc) is 2.73. The molecule has 6 nitrogen and oxygen atoms in total. The summed E-state index contributed by atoms with van der Waals surface area (Å²) in [6.45, 7) is 4.52. The molecule has 0 saturated carbocycles. The summed E-state index contributed by atoms with van der Waals surface area (Å²) in [6.07, 6.45) is -6.66. The predicted octanol–water partition coefficient (Wildman–Crippen LogP) is 4.93. The zero-order chi connectivity index (χ0) is 24.6. The molecule has 0 saturated heterocycles. The number of hydrogen-bond donors (Lipinski definition) is 2. The van der Waals surface area contributed by atoms with Gasteiger partial charge in [0.05, 0.1) is 5.71 Å². The fraction of sp³-hybridized carbons (Fsp3) is 0.348. The molecular weight excluding hydrogens is 461 g/mol. The van der Waals surface area contributed by atoms with Crippen molar-refractivity contribution in [1.29, 1.82) is 0 Å². The van der Waals surface area contributed by atoms with Gasteiger partial charge in [-0.15, -0.1) is 0 Å². The average molecular weight is 483 g/mol. The van der Waals surface area contributed by atoms with Gasteiger partial charge in [0.15, 0.2) is 6.29 Å². The predicted molar refractivity (Wildman–Crippen MR) is 117 cm³/mol. The molecule has 1 heterocycles. The first-order valence-electron chi connectivity index (χ1n) is 9.96. The zero-order valence-electron chi connectivity index (χ0n) is 18.0. The van der Waals surface area contributed by atoms with E-state index in [1.807, 2.05) is 0 Å². The maximum Gasteiger partial charge on any atom is 0.426 e. The molecule has 33 heavy (non-hydrogen) atoms. The molecule has 0 spiro atoms. The topological polar surface area (TPSA) is 88.0 Å². The molecule has 10 heteroatoms. The van der Waals surface area contributed by atoms with Crippen LogP contribution in [0.25, 0.3) is 0 Å². The maximum atomic E-state index is 14.0. The standard InChI is InChI=1S/C23H22ClF3N2O4/c1-13-16-10-14(8-9-15(16)19(11-30)33-29-13)28-20(31)22(32,23(25,26)27)12-21(2,3)17-6-4-5-7-18(17)24/h4-11,19,32H,12H2,1-3H3,(H,28,31). The van der Waals surface area contributed by atoms with Gasteiger partial charge in [-0.3, -0.25) is 9.59 Å². The second-order valence-electron chi connectivity index (χ2n) is 8.49. The van der Waals surface area contributed by atoms with Crippen LogP contribution >= 0.6 is 11.6 Å². The van der Waals surface area contributed by atoms with Crippen LogP contribution in [-0.4, -0.2) is 34.8 Å². The first kappa shape index (κ1) is 24.7. The molecule has 1 amide bonds. The van der Waals surface area contributed by atoms with Gasteiger partial charge >= 0.3 is 6.18 Å². The molecule has 2 atom stereocenters. The molecule has 0 bridgehead atoms. The van der Waals surface area contributed by atoms with Gasteiger partial charge in [-0.25, -0.2) is 0 Å². The summed E-state index contributed by atoms with van der Waals surface area (Å²) in [5, 5.41) is 16.8. The number of rotatable bonds is 6. The molecule has 1 aliphatic heterocycles. The number of aldehydes is 1. The smallest absolute Gasteiger partial charge is 0.380 e. The number of aliphatic hydroxyl groups is 1. The number of fused-ring (bicyclic) bond motifs is 1. The minimum Gasteiger partial charge on any atom is -0.380 e. The van der Waals surface area contributed by atoms with E-state index in [0.29, 0.717) is 28.7 Å². The van der Waals surface area contributed by atoms with Crippen molar-refractivity contribution in [3.8, 4) is 0 Å². The number of amides is 1. The van der Waals surface area contributed by atoms with E-state index < -0.39 is 35.6 Å². The highest BCUT2D eigenvalue weighted by atomic mass is 35.5. The molecule has 176 valence electrons. The summed E-state index contributed by atoms with van der Waals surface area (Å²) in [7, 11) is 0. The number of halogens is 4. The fourth-order valence-electron chi connectivity index (χ4n) is 3.82. The molecule has 1 aliphatic rings. The van der Waals surface area contributed by atoms with Gasteiger partial charge in [-0.05, 0) is 36.1 Å². The Kier molecular flexibility index (Phi) is 6.59. The van der Waals surface area contributed by atoms with E-state index in [0.717, 1.165) is 0 Å². The van der Waals surface area contributed by atoms with Crippen molar-refractivity contribution in [3.63, 3.8) is 0 Å². The molecule has 2 N–H and O–H groups in total. The third-order valence-corrected chi connectivity index (χ3v) is 5.91. The van der Waals surface area contributed by atoms with E-state index in [1.54, 1.807) is 25.1 Å². The lowest BCUT2D eigenvalue weighted by Gasteiger charge is -2.37. The third kappa shape index (κ3) is 4.74. The Hall–Kier alpha value is -2.91.